The van der Waals surface area contributed by atoms with Crippen LogP contribution >= 0.6 is 0 Å². The summed E-state index contributed by atoms with van der Waals surface area (Å²) in [5.41, 5.74) is 0.136. The number of benzene rings is 2. The zero-order chi connectivity index (χ0) is 15.9. The fourth-order valence-electron chi connectivity index (χ4n) is 1.68. The van der Waals surface area contributed by atoms with Crippen LogP contribution in [0.15, 0.2) is 48.5 Å². The lowest BCUT2D eigenvalue weighted by Gasteiger charge is -2.09. The predicted octanol–water partition coefficient (Wildman–Crippen LogP) is 3.06. The van der Waals surface area contributed by atoms with Gasteiger partial charge in [0.05, 0.1) is 14.2 Å². The zero-order valence-corrected chi connectivity index (χ0v) is 12.1. The van der Waals surface area contributed by atoms with Gasteiger partial charge in [-0.3, -0.25) is 0 Å². The van der Waals surface area contributed by atoms with E-state index in [1.54, 1.807) is 36.4 Å². The van der Waals surface area contributed by atoms with E-state index < -0.39 is 12.1 Å². The molecule has 0 aliphatic heterocycles. The van der Waals surface area contributed by atoms with Crippen LogP contribution in [0.25, 0.3) is 0 Å². The first-order chi connectivity index (χ1) is 10.6. The van der Waals surface area contributed by atoms with Crippen LogP contribution in [0.1, 0.15) is 10.4 Å². The molecule has 0 saturated heterocycles. The van der Waals surface area contributed by atoms with Crippen molar-refractivity contribution in [1.29, 1.82) is 0 Å². The van der Waals surface area contributed by atoms with E-state index in [0.717, 1.165) is 0 Å². The van der Waals surface area contributed by atoms with Crippen molar-refractivity contribution in [2.24, 2.45) is 0 Å². The molecule has 0 radical (unpaired) electrons. The Hall–Kier alpha value is -3.02. The molecule has 22 heavy (non-hydrogen) atoms. The molecule has 0 aliphatic carbocycles. The molecule has 0 spiro atoms. The van der Waals surface area contributed by atoms with Crippen molar-refractivity contribution >= 4 is 12.1 Å². The molecule has 6 nitrogen and oxygen atoms in total. The summed E-state index contributed by atoms with van der Waals surface area (Å²) in [6.07, 6.45) is -0.957. The van der Waals surface area contributed by atoms with Crippen LogP contribution in [0.4, 0.5) is 4.79 Å². The minimum absolute atomic E-state index is 0.0628. The van der Waals surface area contributed by atoms with Gasteiger partial charge in [-0.05, 0) is 36.4 Å². The molecule has 114 valence electrons. The van der Waals surface area contributed by atoms with Crippen LogP contribution in [-0.2, 0) is 4.74 Å². The van der Waals surface area contributed by atoms with Gasteiger partial charge in [0.1, 0.15) is 22.8 Å². The molecule has 0 N–H and O–H groups in total. The third-order valence-corrected chi connectivity index (χ3v) is 2.75. The molecule has 0 bridgehead atoms. The van der Waals surface area contributed by atoms with Crippen molar-refractivity contribution in [2.75, 3.05) is 14.2 Å². The van der Waals surface area contributed by atoms with Gasteiger partial charge in [0, 0.05) is 0 Å². The van der Waals surface area contributed by atoms with E-state index in [4.69, 9.17) is 14.2 Å². The maximum Gasteiger partial charge on any atom is 0.519 e. The first-order valence-corrected chi connectivity index (χ1v) is 6.35. The van der Waals surface area contributed by atoms with Gasteiger partial charge in [0.2, 0.25) is 0 Å². The second-order valence-electron chi connectivity index (χ2n) is 4.12. The molecule has 2 rings (SSSR count). The Morgan fingerprint density at radius 2 is 1.45 bits per heavy atom. The number of methoxy groups -OCH3 is 2. The molecule has 2 aromatic carbocycles. The zero-order valence-electron chi connectivity index (χ0n) is 12.1. The van der Waals surface area contributed by atoms with Crippen molar-refractivity contribution in [3.63, 3.8) is 0 Å². The number of carbonyl (C=O) groups excluding carboxylic acids is 2. The van der Waals surface area contributed by atoms with Crippen LogP contribution in [-0.4, -0.2) is 26.3 Å². The number of hydrogen-bond acceptors (Lipinski definition) is 6. The highest BCUT2D eigenvalue weighted by Gasteiger charge is 2.16. The van der Waals surface area contributed by atoms with Crippen LogP contribution < -0.4 is 14.2 Å². The third kappa shape index (κ3) is 3.76. The first-order valence-electron chi connectivity index (χ1n) is 6.35. The Morgan fingerprint density at radius 1 is 0.818 bits per heavy atom. The van der Waals surface area contributed by atoms with Gasteiger partial charge in [0.25, 0.3) is 0 Å². The molecule has 0 unspecified atom stereocenters. The molecular formula is C16H14O6. The number of para-hydroxylation sites is 1. The van der Waals surface area contributed by atoms with E-state index in [1.165, 1.54) is 26.4 Å². The molecule has 0 saturated carbocycles. The van der Waals surface area contributed by atoms with Gasteiger partial charge in [-0.25, -0.2) is 9.59 Å². The molecule has 0 aliphatic rings. The highest BCUT2D eigenvalue weighted by atomic mass is 16.7. The predicted molar refractivity (Wildman–Crippen MR) is 77.4 cm³/mol. The number of ether oxygens (including phenoxy) is 4. The molecule has 2 aromatic rings. The van der Waals surface area contributed by atoms with Crippen LogP contribution in [0.5, 0.6) is 17.2 Å². The normalized spacial score (nSPS) is 9.73. The Kier molecular flexibility index (Phi) is 4.98. The highest BCUT2D eigenvalue weighted by Crippen LogP contribution is 2.21. The topological polar surface area (TPSA) is 71.1 Å². The van der Waals surface area contributed by atoms with Gasteiger partial charge in [-0.15, -0.1) is 0 Å². The Morgan fingerprint density at radius 3 is 2.09 bits per heavy atom. The van der Waals surface area contributed by atoms with E-state index in [0.29, 0.717) is 11.5 Å². The summed E-state index contributed by atoms with van der Waals surface area (Å²) in [6.45, 7) is 0. The van der Waals surface area contributed by atoms with Crippen LogP contribution in [0.2, 0.25) is 0 Å². The molecule has 0 atom stereocenters. The van der Waals surface area contributed by atoms with Crippen molar-refractivity contribution in [2.45, 2.75) is 0 Å². The van der Waals surface area contributed by atoms with Crippen molar-refractivity contribution in [3.8, 4) is 17.2 Å². The van der Waals surface area contributed by atoms with E-state index >= 15 is 0 Å². The quantitative estimate of drug-likeness (QED) is 0.638. The van der Waals surface area contributed by atoms with Gasteiger partial charge in [-0.1, -0.05) is 12.1 Å². The maximum absolute atomic E-state index is 11.8. The summed E-state index contributed by atoms with van der Waals surface area (Å²) < 4.78 is 19.7. The second kappa shape index (κ2) is 7.12. The standard InChI is InChI=1S/C16H14O6/c1-19-11-7-9-12(10-8-11)21-16(18)22-14-6-4-3-5-13(14)15(17)20-2/h3-10H,1-2H3. The van der Waals surface area contributed by atoms with Crippen molar-refractivity contribution in [1.82, 2.24) is 0 Å². The number of rotatable bonds is 4. The fourth-order valence-corrected chi connectivity index (χ4v) is 1.68. The molecule has 0 fully saturated rings. The smallest absolute Gasteiger partial charge is 0.497 e. The fraction of sp³-hybridized carbons (Fsp3) is 0.125. The average Bonchev–Trinajstić information content (AvgIpc) is 2.55. The average molecular weight is 302 g/mol. The van der Waals surface area contributed by atoms with E-state index in [9.17, 15) is 9.59 Å². The molecule has 0 aromatic heterocycles. The van der Waals surface area contributed by atoms with Crippen LogP contribution in [0, 0.1) is 0 Å². The largest absolute Gasteiger partial charge is 0.519 e. The lowest BCUT2D eigenvalue weighted by Crippen LogP contribution is -2.16. The number of carbonyl (C=O) groups is 2. The maximum atomic E-state index is 11.8. The van der Waals surface area contributed by atoms with Gasteiger partial charge in [-0.2, -0.15) is 0 Å². The molecule has 0 amide bonds. The monoisotopic (exact) mass is 302 g/mol. The third-order valence-electron chi connectivity index (χ3n) is 2.75. The summed E-state index contributed by atoms with van der Waals surface area (Å²) in [5.74, 6) is 0.388. The minimum atomic E-state index is -0.957. The van der Waals surface area contributed by atoms with E-state index in [-0.39, 0.29) is 11.3 Å². The van der Waals surface area contributed by atoms with Gasteiger partial charge in [0.15, 0.2) is 0 Å². The summed E-state index contributed by atoms with van der Waals surface area (Å²) in [5, 5.41) is 0. The second-order valence-corrected chi connectivity index (χ2v) is 4.12. The van der Waals surface area contributed by atoms with Gasteiger partial charge >= 0.3 is 12.1 Å². The summed E-state index contributed by atoms with van der Waals surface area (Å²) >= 11 is 0. The minimum Gasteiger partial charge on any atom is -0.497 e. The number of esters is 1. The molecule has 6 heteroatoms. The van der Waals surface area contributed by atoms with Crippen LogP contribution in [0.3, 0.4) is 0 Å². The lowest BCUT2D eigenvalue weighted by molar-refractivity contribution is 0.0597. The van der Waals surface area contributed by atoms with E-state index in [1.807, 2.05) is 0 Å². The SMILES string of the molecule is COC(=O)c1ccccc1OC(=O)Oc1ccc(OC)cc1. The Balaban J connectivity index is 2.07. The summed E-state index contributed by atoms with van der Waals surface area (Å²) in [7, 11) is 2.78. The lowest BCUT2D eigenvalue weighted by atomic mass is 10.2. The number of hydrogen-bond donors (Lipinski definition) is 0. The molecule has 0 heterocycles. The van der Waals surface area contributed by atoms with E-state index in [2.05, 4.69) is 4.74 Å². The summed E-state index contributed by atoms with van der Waals surface area (Å²) in [6, 6.07) is 12.6. The first kappa shape index (κ1) is 15.4. The molecular weight excluding hydrogens is 288 g/mol. The van der Waals surface area contributed by atoms with Crippen molar-refractivity contribution < 1.29 is 28.5 Å². The highest BCUT2D eigenvalue weighted by molar-refractivity contribution is 5.93. The van der Waals surface area contributed by atoms with Gasteiger partial charge < -0.3 is 18.9 Å². The Labute approximate surface area is 127 Å². The summed E-state index contributed by atoms with van der Waals surface area (Å²) in [4.78, 5) is 23.3. The van der Waals surface area contributed by atoms with Crippen molar-refractivity contribution in [3.05, 3.63) is 54.1 Å². The Bertz CT molecular complexity index is 663.